The number of carbonyl (C=O) groups excluding carboxylic acids is 2. The molecule has 2 aliphatic rings. The molecule has 2 heterocycles. The van der Waals surface area contributed by atoms with E-state index in [1.165, 1.54) is 6.26 Å². The van der Waals surface area contributed by atoms with Crippen molar-refractivity contribution in [1.82, 2.24) is 9.80 Å². The highest BCUT2D eigenvalue weighted by atomic mass is 35.5. The Labute approximate surface area is 132 Å². The average molecular weight is 331 g/mol. The van der Waals surface area contributed by atoms with Crippen molar-refractivity contribution in [3.05, 3.63) is 24.2 Å². The molecule has 1 saturated heterocycles. The molecule has 2 amide bonds. The Kier molecular flexibility index (Phi) is 3.45. The van der Waals surface area contributed by atoms with Gasteiger partial charge in [0.25, 0.3) is 5.91 Å². The van der Waals surface area contributed by atoms with Crippen LogP contribution in [0, 0.1) is 5.41 Å². The maximum absolute atomic E-state index is 12.4. The molecule has 3 rings (SSSR count). The van der Waals surface area contributed by atoms with Crippen LogP contribution < -0.4 is 0 Å². The van der Waals surface area contributed by atoms with Crippen molar-refractivity contribution in [1.29, 1.82) is 0 Å². The van der Waals surface area contributed by atoms with E-state index in [0.29, 0.717) is 38.4 Å². The van der Waals surface area contributed by atoms with Crippen LogP contribution in [-0.4, -0.2) is 52.1 Å². The van der Waals surface area contributed by atoms with Crippen LogP contribution in [0.2, 0.25) is 0 Å². The largest absolute Gasteiger partial charge is 0.459 e. The summed E-state index contributed by atoms with van der Waals surface area (Å²) in [5.41, 5.74) is -0.691. The van der Waals surface area contributed by atoms with Crippen molar-refractivity contribution < 1.29 is 14.0 Å². The molecule has 0 N–H and O–H groups in total. The summed E-state index contributed by atoms with van der Waals surface area (Å²) in [7, 11) is 0. The molecule has 1 atom stereocenters. The number of alkyl halides is 2. The van der Waals surface area contributed by atoms with Gasteiger partial charge in [-0.15, -0.1) is 23.2 Å². The summed E-state index contributed by atoms with van der Waals surface area (Å²) < 4.78 is 4.15. The number of hydrogen-bond acceptors (Lipinski definition) is 3. The van der Waals surface area contributed by atoms with E-state index in [4.69, 9.17) is 27.6 Å². The van der Waals surface area contributed by atoms with Crippen molar-refractivity contribution in [3.8, 4) is 0 Å². The predicted molar refractivity (Wildman–Crippen MR) is 78.4 cm³/mol. The van der Waals surface area contributed by atoms with Gasteiger partial charge in [0.1, 0.15) is 4.33 Å². The molecule has 1 aliphatic heterocycles. The highest BCUT2D eigenvalue weighted by molar-refractivity contribution is 6.53. The fourth-order valence-electron chi connectivity index (χ4n) is 2.65. The first kappa shape index (κ1) is 14.7. The summed E-state index contributed by atoms with van der Waals surface area (Å²) in [6.45, 7) is 3.74. The van der Waals surface area contributed by atoms with E-state index in [1.807, 2.05) is 0 Å². The van der Waals surface area contributed by atoms with E-state index in [0.717, 1.165) is 0 Å². The molecule has 5 nitrogen and oxygen atoms in total. The van der Waals surface area contributed by atoms with Gasteiger partial charge in [0.2, 0.25) is 5.91 Å². The molecule has 1 aromatic rings. The third-order valence-electron chi connectivity index (χ3n) is 4.32. The molecule has 7 heteroatoms. The van der Waals surface area contributed by atoms with Crippen molar-refractivity contribution in [3.63, 3.8) is 0 Å². The van der Waals surface area contributed by atoms with Gasteiger partial charge in [0, 0.05) is 26.2 Å². The average Bonchev–Trinajstić information content (AvgIpc) is 2.88. The van der Waals surface area contributed by atoms with Gasteiger partial charge in [-0.3, -0.25) is 9.59 Å². The zero-order valence-electron chi connectivity index (χ0n) is 11.6. The van der Waals surface area contributed by atoms with Crippen LogP contribution in [0.1, 0.15) is 23.9 Å². The maximum atomic E-state index is 12.4. The Balaban J connectivity index is 1.59. The van der Waals surface area contributed by atoms with E-state index < -0.39 is 9.75 Å². The molecule has 2 fully saturated rings. The van der Waals surface area contributed by atoms with Crippen molar-refractivity contribution in [2.45, 2.75) is 17.7 Å². The summed E-state index contributed by atoms with van der Waals surface area (Å²) in [6.07, 6.45) is 1.95. The molecule has 114 valence electrons. The summed E-state index contributed by atoms with van der Waals surface area (Å²) in [5, 5.41) is 0. The predicted octanol–water partition coefficient (Wildman–Crippen LogP) is 2.15. The van der Waals surface area contributed by atoms with E-state index in [2.05, 4.69) is 0 Å². The molecule has 1 aliphatic carbocycles. The lowest BCUT2D eigenvalue weighted by molar-refractivity contribution is -0.137. The number of furan rings is 1. The van der Waals surface area contributed by atoms with Gasteiger partial charge in [-0.1, -0.05) is 0 Å². The standard InChI is InChI=1S/C14H16Cl2N2O3/c1-13(9-14(13,15)16)12(20)18-6-4-17(5-7-18)11(19)10-3-2-8-21-10/h2-3,8H,4-7,9H2,1H3/t13-/m1/s1. The lowest BCUT2D eigenvalue weighted by atomic mass is 10.1. The Morgan fingerprint density at radius 3 is 2.24 bits per heavy atom. The van der Waals surface area contributed by atoms with Crippen LogP contribution in [0.5, 0.6) is 0 Å². The second kappa shape index (κ2) is 4.92. The fourth-order valence-corrected chi connectivity index (χ4v) is 3.35. The highest BCUT2D eigenvalue weighted by Crippen LogP contribution is 2.64. The molecular weight excluding hydrogens is 315 g/mol. The minimum atomic E-state index is -0.953. The molecule has 0 unspecified atom stereocenters. The summed E-state index contributed by atoms with van der Waals surface area (Å²) in [5.74, 6) is 0.149. The Morgan fingerprint density at radius 2 is 1.76 bits per heavy atom. The van der Waals surface area contributed by atoms with Gasteiger partial charge in [0.05, 0.1) is 11.7 Å². The lowest BCUT2D eigenvalue weighted by Gasteiger charge is -2.36. The molecule has 0 spiro atoms. The first-order valence-electron chi connectivity index (χ1n) is 6.85. The summed E-state index contributed by atoms with van der Waals surface area (Å²) in [4.78, 5) is 28.0. The lowest BCUT2D eigenvalue weighted by Crippen LogP contribution is -2.52. The Morgan fingerprint density at radius 1 is 1.19 bits per heavy atom. The maximum Gasteiger partial charge on any atom is 0.289 e. The van der Waals surface area contributed by atoms with Gasteiger partial charge >= 0.3 is 0 Å². The highest BCUT2D eigenvalue weighted by Gasteiger charge is 2.68. The van der Waals surface area contributed by atoms with Crippen LogP contribution in [-0.2, 0) is 4.79 Å². The van der Waals surface area contributed by atoms with E-state index in [9.17, 15) is 9.59 Å². The SMILES string of the molecule is C[C@]1(C(=O)N2CCN(C(=O)c3ccco3)CC2)CC1(Cl)Cl. The first-order chi connectivity index (χ1) is 9.85. The molecule has 21 heavy (non-hydrogen) atoms. The van der Waals surface area contributed by atoms with Crippen LogP contribution in [0.15, 0.2) is 22.8 Å². The monoisotopic (exact) mass is 330 g/mol. The van der Waals surface area contributed by atoms with Crippen LogP contribution >= 0.6 is 23.2 Å². The van der Waals surface area contributed by atoms with Crippen molar-refractivity contribution in [2.75, 3.05) is 26.2 Å². The van der Waals surface area contributed by atoms with Gasteiger partial charge in [-0.25, -0.2) is 0 Å². The number of hydrogen-bond donors (Lipinski definition) is 0. The molecule has 0 radical (unpaired) electrons. The number of halogens is 2. The minimum Gasteiger partial charge on any atom is -0.459 e. The minimum absolute atomic E-state index is 0.0300. The molecule has 0 aromatic carbocycles. The van der Waals surface area contributed by atoms with Crippen molar-refractivity contribution >= 4 is 35.0 Å². The molecule has 1 saturated carbocycles. The normalized spacial score (nSPS) is 27.6. The van der Waals surface area contributed by atoms with E-state index >= 15 is 0 Å². The van der Waals surface area contributed by atoms with E-state index in [1.54, 1.807) is 28.9 Å². The van der Waals surface area contributed by atoms with Crippen LogP contribution in [0.4, 0.5) is 0 Å². The Bertz CT molecular complexity index is 565. The molecular formula is C14H16Cl2N2O3. The third-order valence-corrected chi connectivity index (χ3v) is 5.42. The number of carbonyl (C=O) groups is 2. The smallest absolute Gasteiger partial charge is 0.289 e. The topological polar surface area (TPSA) is 53.8 Å². The van der Waals surface area contributed by atoms with Crippen LogP contribution in [0.3, 0.4) is 0 Å². The number of rotatable bonds is 2. The van der Waals surface area contributed by atoms with E-state index in [-0.39, 0.29) is 11.8 Å². The summed E-state index contributed by atoms with van der Waals surface area (Å²) >= 11 is 12.1. The number of nitrogens with zero attached hydrogens (tertiary/aromatic N) is 2. The van der Waals surface area contributed by atoms with Gasteiger partial charge in [-0.05, 0) is 25.5 Å². The quantitative estimate of drug-likeness (QED) is 0.781. The number of piperazine rings is 1. The van der Waals surface area contributed by atoms with Crippen molar-refractivity contribution in [2.24, 2.45) is 5.41 Å². The number of amides is 2. The molecule has 1 aromatic heterocycles. The van der Waals surface area contributed by atoms with Gasteiger partial charge in [-0.2, -0.15) is 0 Å². The second-order valence-electron chi connectivity index (χ2n) is 5.78. The first-order valence-corrected chi connectivity index (χ1v) is 7.61. The Hall–Kier alpha value is -1.20. The fraction of sp³-hybridized carbons (Fsp3) is 0.571. The molecule has 0 bridgehead atoms. The zero-order valence-corrected chi connectivity index (χ0v) is 13.2. The van der Waals surface area contributed by atoms with Gasteiger partial charge < -0.3 is 14.2 Å². The third kappa shape index (κ3) is 2.42. The zero-order chi connectivity index (χ0) is 15.3. The van der Waals surface area contributed by atoms with Crippen LogP contribution in [0.25, 0.3) is 0 Å². The van der Waals surface area contributed by atoms with Gasteiger partial charge in [0.15, 0.2) is 5.76 Å². The summed E-state index contributed by atoms with van der Waals surface area (Å²) in [6, 6.07) is 3.32. The second-order valence-corrected chi connectivity index (χ2v) is 7.26.